The van der Waals surface area contributed by atoms with Gasteiger partial charge >= 0.3 is 5.97 Å². The van der Waals surface area contributed by atoms with Crippen LogP contribution in [0.2, 0.25) is 0 Å². The Bertz CT molecular complexity index is 616. The monoisotopic (exact) mass is 233 g/mol. The molecule has 1 amide bonds. The molecular weight excluding hydrogens is 222 g/mol. The van der Waals surface area contributed by atoms with E-state index < -0.39 is 5.97 Å². The number of benzene rings is 1. The van der Waals surface area contributed by atoms with Gasteiger partial charge in [0.2, 0.25) is 11.7 Å². The van der Waals surface area contributed by atoms with Crippen molar-refractivity contribution in [3.05, 3.63) is 23.5 Å². The van der Waals surface area contributed by atoms with Gasteiger partial charge in [-0.05, 0) is 18.6 Å². The van der Waals surface area contributed by atoms with E-state index in [1.807, 2.05) is 6.92 Å². The third-order valence-electron chi connectivity index (χ3n) is 2.37. The molecule has 0 atom stereocenters. The number of aromatic carboxylic acids is 1. The molecule has 1 aromatic carbocycles. The first-order valence-electron chi connectivity index (χ1n) is 4.99. The number of carbonyl (C=O) groups is 2. The fraction of sp³-hybridized carbons (Fsp3) is 0.182. The molecule has 2 rings (SSSR count). The fourth-order valence-electron chi connectivity index (χ4n) is 1.61. The van der Waals surface area contributed by atoms with Crippen molar-refractivity contribution in [1.29, 1.82) is 0 Å². The van der Waals surface area contributed by atoms with E-state index >= 15 is 0 Å². The van der Waals surface area contributed by atoms with E-state index in [2.05, 4.69) is 15.3 Å². The largest absolute Gasteiger partial charge is 0.475 e. The summed E-state index contributed by atoms with van der Waals surface area (Å²) < 4.78 is 0. The lowest BCUT2D eigenvalue weighted by Crippen LogP contribution is -2.07. The van der Waals surface area contributed by atoms with E-state index in [1.54, 1.807) is 12.1 Å². The highest BCUT2D eigenvalue weighted by Crippen LogP contribution is 2.25. The van der Waals surface area contributed by atoms with Gasteiger partial charge in [0.05, 0.1) is 11.2 Å². The van der Waals surface area contributed by atoms with Gasteiger partial charge in [-0.15, -0.1) is 0 Å². The first-order valence-corrected chi connectivity index (χ1v) is 4.99. The first-order chi connectivity index (χ1) is 7.99. The number of nitrogens with zero attached hydrogens (tertiary/aromatic N) is 1. The minimum atomic E-state index is -1.13. The molecule has 0 aliphatic heterocycles. The van der Waals surface area contributed by atoms with Gasteiger partial charge in [0.25, 0.3) is 0 Å². The molecule has 6 heteroatoms. The van der Waals surface area contributed by atoms with Crippen LogP contribution in [-0.4, -0.2) is 27.0 Å². The van der Waals surface area contributed by atoms with Crippen molar-refractivity contribution < 1.29 is 14.7 Å². The van der Waals surface area contributed by atoms with Crippen molar-refractivity contribution in [2.45, 2.75) is 13.8 Å². The maximum Gasteiger partial charge on any atom is 0.371 e. The minimum Gasteiger partial charge on any atom is -0.475 e. The zero-order chi connectivity index (χ0) is 12.6. The van der Waals surface area contributed by atoms with E-state index in [0.717, 1.165) is 5.56 Å². The highest BCUT2D eigenvalue weighted by Gasteiger charge is 2.14. The van der Waals surface area contributed by atoms with Gasteiger partial charge in [-0.1, -0.05) is 6.07 Å². The van der Waals surface area contributed by atoms with Crippen LogP contribution in [0.3, 0.4) is 0 Å². The summed E-state index contributed by atoms with van der Waals surface area (Å²) in [7, 11) is 0. The van der Waals surface area contributed by atoms with Crippen molar-refractivity contribution in [3.8, 4) is 0 Å². The Morgan fingerprint density at radius 1 is 1.41 bits per heavy atom. The molecule has 1 heterocycles. The van der Waals surface area contributed by atoms with E-state index in [-0.39, 0.29) is 11.7 Å². The van der Waals surface area contributed by atoms with E-state index in [0.29, 0.717) is 16.7 Å². The zero-order valence-electron chi connectivity index (χ0n) is 9.37. The Labute approximate surface area is 96.7 Å². The summed E-state index contributed by atoms with van der Waals surface area (Å²) in [6.07, 6.45) is 0. The smallest absolute Gasteiger partial charge is 0.371 e. The molecular formula is C11H11N3O3. The van der Waals surface area contributed by atoms with Gasteiger partial charge in [-0.3, -0.25) is 4.79 Å². The molecule has 0 saturated carbocycles. The summed E-state index contributed by atoms with van der Waals surface area (Å²) in [5.74, 6) is -1.50. The standard InChI is InChI=1S/C11H11N3O3/c1-5-3-4-7-9(8(5)12-6(2)15)14-10(13-7)11(16)17/h3-4H,1-2H3,(H,12,15)(H,13,14)(H,16,17). The highest BCUT2D eigenvalue weighted by atomic mass is 16.4. The quantitative estimate of drug-likeness (QED) is 0.732. The maximum atomic E-state index is 11.1. The van der Waals surface area contributed by atoms with E-state index in [4.69, 9.17) is 5.11 Å². The van der Waals surface area contributed by atoms with E-state index in [1.165, 1.54) is 6.92 Å². The minimum absolute atomic E-state index is 0.141. The molecule has 0 aliphatic rings. The summed E-state index contributed by atoms with van der Waals surface area (Å²) in [6.45, 7) is 3.21. The molecule has 0 fully saturated rings. The highest BCUT2D eigenvalue weighted by molar-refractivity contribution is 6.01. The van der Waals surface area contributed by atoms with Crippen LogP contribution < -0.4 is 5.32 Å². The Kier molecular flexibility index (Phi) is 2.55. The summed E-state index contributed by atoms with van der Waals surface area (Å²) in [5, 5.41) is 11.5. The van der Waals surface area contributed by atoms with Crippen molar-refractivity contribution in [3.63, 3.8) is 0 Å². The van der Waals surface area contributed by atoms with Gasteiger partial charge in [0.1, 0.15) is 5.52 Å². The van der Waals surface area contributed by atoms with Crippen LogP contribution in [0.25, 0.3) is 11.0 Å². The van der Waals surface area contributed by atoms with Gasteiger partial charge in [-0.2, -0.15) is 0 Å². The van der Waals surface area contributed by atoms with Crippen molar-refractivity contribution in [1.82, 2.24) is 9.97 Å². The zero-order valence-corrected chi connectivity index (χ0v) is 9.37. The van der Waals surface area contributed by atoms with Crippen LogP contribution >= 0.6 is 0 Å². The Morgan fingerprint density at radius 2 is 2.12 bits per heavy atom. The number of hydrogen-bond acceptors (Lipinski definition) is 3. The number of rotatable bonds is 2. The third-order valence-corrected chi connectivity index (χ3v) is 2.37. The topological polar surface area (TPSA) is 95.1 Å². The van der Waals surface area contributed by atoms with Crippen LogP contribution in [-0.2, 0) is 4.79 Å². The first kappa shape index (κ1) is 11.1. The van der Waals surface area contributed by atoms with Gasteiger partial charge in [0.15, 0.2) is 0 Å². The summed E-state index contributed by atoms with van der Waals surface area (Å²) in [6, 6.07) is 3.52. The SMILES string of the molecule is CC(=O)Nc1c(C)ccc2[nH]c(C(=O)O)nc12. The van der Waals surface area contributed by atoms with Gasteiger partial charge in [-0.25, -0.2) is 9.78 Å². The molecule has 17 heavy (non-hydrogen) atoms. The van der Waals surface area contributed by atoms with Crippen LogP contribution in [0.1, 0.15) is 23.1 Å². The van der Waals surface area contributed by atoms with Crippen LogP contribution in [0.4, 0.5) is 5.69 Å². The molecule has 1 aromatic heterocycles. The molecule has 6 nitrogen and oxygen atoms in total. The number of nitrogens with one attached hydrogen (secondary N) is 2. The summed E-state index contributed by atoms with van der Waals surface area (Å²) in [5.41, 5.74) is 2.41. The average Bonchev–Trinajstić information content (AvgIpc) is 2.66. The number of imidazole rings is 1. The van der Waals surface area contributed by atoms with Crippen molar-refractivity contribution in [2.75, 3.05) is 5.32 Å². The number of fused-ring (bicyclic) bond motifs is 1. The molecule has 2 aromatic rings. The fourth-order valence-corrected chi connectivity index (χ4v) is 1.61. The number of carbonyl (C=O) groups excluding carboxylic acids is 1. The third kappa shape index (κ3) is 1.96. The number of carboxylic acid groups (broad SMARTS) is 1. The number of aromatic nitrogens is 2. The Morgan fingerprint density at radius 3 is 2.71 bits per heavy atom. The van der Waals surface area contributed by atoms with Crippen LogP contribution in [0, 0.1) is 6.92 Å². The number of hydrogen-bond donors (Lipinski definition) is 3. The summed E-state index contributed by atoms with van der Waals surface area (Å²) >= 11 is 0. The van der Waals surface area contributed by atoms with Crippen molar-refractivity contribution in [2.24, 2.45) is 0 Å². The molecule has 0 unspecified atom stereocenters. The second-order valence-corrected chi connectivity index (χ2v) is 3.73. The molecule has 0 radical (unpaired) electrons. The summed E-state index contributed by atoms with van der Waals surface area (Å²) in [4.78, 5) is 28.5. The lowest BCUT2D eigenvalue weighted by molar-refractivity contribution is -0.114. The molecule has 0 spiro atoms. The number of H-pyrrole nitrogens is 1. The predicted molar refractivity (Wildman–Crippen MR) is 62.1 cm³/mol. The van der Waals surface area contributed by atoms with Gasteiger partial charge < -0.3 is 15.4 Å². The number of amides is 1. The maximum absolute atomic E-state index is 11.1. The number of anilines is 1. The molecule has 3 N–H and O–H groups in total. The number of aryl methyl sites for hydroxylation is 1. The van der Waals surface area contributed by atoms with Crippen LogP contribution in [0.5, 0.6) is 0 Å². The number of carboxylic acids is 1. The number of aromatic amines is 1. The molecule has 0 bridgehead atoms. The second kappa shape index (κ2) is 3.89. The second-order valence-electron chi connectivity index (χ2n) is 3.73. The molecule has 88 valence electrons. The lowest BCUT2D eigenvalue weighted by atomic mass is 10.1. The van der Waals surface area contributed by atoms with Crippen LogP contribution in [0.15, 0.2) is 12.1 Å². The Hall–Kier alpha value is -2.37. The lowest BCUT2D eigenvalue weighted by Gasteiger charge is -2.06. The van der Waals surface area contributed by atoms with E-state index in [9.17, 15) is 9.59 Å². The van der Waals surface area contributed by atoms with Gasteiger partial charge in [0, 0.05) is 6.92 Å². The molecule has 0 aliphatic carbocycles. The Balaban J connectivity index is 2.66. The van der Waals surface area contributed by atoms with Crippen molar-refractivity contribution >= 4 is 28.6 Å². The predicted octanol–water partition coefficient (Wildman–Crippen LogP) is 1.53. The normalized spacial score (nSPS) is 10.5. The average molecular weight is 233 g/mol. The molecule has 0 saturated heterocycles.